The van der Waals surface area contributed by atoms with E-state index in [0.29, 0.717) is 25.9 Å². The Balaban J connectivity index is 4.32. The topological polar surface area (TPSA) is 61.8 Å². The van der Waals surface area contributed by atoms with Gasteiger partial charge in [-0.2, -0.15) is 0 Å². The first-order chi connectivity index (χ1) is 31.6. The van der Waals surface area contributed by atoms with Crippen molar-refractivity contribution in [2.24, 2.45) is 0 Å². The monoisotopic (exact) mass is 893 g/mol. The van der Waals surface area contributed by atoms with Gasteiger partial charge in [0.15, 0.2) is 6.10 Å². The Labute approximate surface area is 397 Å². The van der Waals surface area contributed by atoms with Gasteiger partial charge in [-0.3, -0.25) is 9.59 Å². The Bertz CT molecular complexity index is 1150. The molecule has 0 aromatic heterocycles. The zero-order chi connectivity index (χ0) is 46.3. The molecule has 0 spiro atoms. The zero-order valence-electron chi connectivity index (χ0n) is 42.5. The van der Waals surface area contributed by atoms with Crippen LogP contribution in [0.15, 0.2) is 72.9 Å². The average Bonchev–Trinajstić information content (AvgIpc) is 3.30. The minimum absolute atomic E-state index is 0.0524. The number of carbonyl (C=O) groups excluding carboxylic acids is 2. The fourth-order valence-corrected chi connectivity index (χ4v) is 7.63. The molecule has 1 atom stereocenters. The number of esters is 2. The van der Waals surface area contributed by atoms with Gasteiger partial charge < -0.3 is 14.2 Å². The van der Waals surface area contributed by atoms with Gasteiger partial charge in [0.25, 0.3) is 0 Å². The summed E-state index contributed by atoms with van der Waals surface area (Å²) in [7, 11) is 0. The van der Waals surface area contributed by atoms with Gasteiger partial charge in [0.05, 0.1) is 6.61 Å². The van der Waals surface area contributed by atoms with E-state index >= 15 is 0 Å². The summed E-state index contributed by atoms with van der Waals surface area (Å²) in [5, 5.41) is 0. The lowest BCUT2D eigenvalue weighted by molar-refractivity contribution is -0.162. The van der Waals surface area contributed by atoms with Crippen LogP contribution in [-0.4, -0.2) is 37.9 Å². The molecular weight excluding hydrogens is 789 g/mol. The normalized spacial score (nSPS) is 12.7. The molecule has 0 aliphatic heterocycles. The summed E-state index contributed by atoms with van der Waals surface area (Å²) in [6.45, 7) is 7.64. The predicted octanol–water partition coefficient (Wildman–Crippen LogP) is 18.7. The molecule has 64 heavy (non-hydrogen) atoms. The van der Waals surface area contributed by atoms with Gasteiger partial charge in [-0.25, -0.2) is 0 Å². The summed E-state index contributed by atoms with van der Waals surface area (Å²) >= 11 is 0. The maximum Gasteiger partial charge on any atom is 0.306 e. The van der Waals surface area contributed by atoms with Gasteiger partial charge in [0.2, 0.25) is 0 Å². The Hall–Kier alpha value is -2.66. The van der Waals surface area contributed by atoms with Crippen LogP contribution in [0.4, 0.5) is 0 Å². The van der Waals surface area contributed by atoms with E-state index in [-0.39, 0.29) is 25.2 Å². The highest BCUT2D eigenvalue weighted by Gasteiger charge is 2.17. The number of hydrogen-bond acceptors (Lipinski definition) is 5. The molecule has 0 radical (unpaired) electrons. The lowest BCUT2D eigenvalue weighted by atomic mass is 10.1. The first-order valence-electron chi connectivity index (χ1n) is 27.5. The van der Waals surface area contributed by atoms with Gasteiger partial charge in [-0.1, -0.05) is 229 Å². The van der Waals surface area contributed by atoms with Crippen molar-refractivity contribution in [2.45, 2.75) is 271 Å². The van der Waals surface area contributed by atoms with Crippen molar-refractivity contribution in [3.8, 4) is 0 Å². The van der Waals surface area contributed by atoms with Crippen LogP contribution in [0.25, 0.3) is 0 Å². The fourth-order valence-electron chi connectivity index (χ4n) is 7.63. The van der Waals surface area contributed by atoms with E-state index < -0.39 is 6.10 Å². The van der Waals surface area contributed by atoms with Crippen molar-refractivity contribution in [3.63, 3.8) is 0 Å². The second kappa shape index (κ2) is 54.7. The fraction of sp³-hybridized carbons (Fsp3) is 0.763. The first kappa shape index (κ1) is 61.3. The number of unbranched alkanes of at least 4 members (excludes halogenated alkanes) is 27. The highest BCUT2D eigenvalue weighted by Crippen LogP contribution is 2.14. The number of carbonyl (C=O) groups is 2. The van der Waals surface area contributed by atoms with E-state index in [4.69, 9.17) is 14.2 Å². The summed E-state index contributed by atoms with van der Waals surface area (Å²) in [5.74, 6) is -0.492. The number of hydrogen-bond donors (Lipinski definition) is 0. The van der Waals surface area contributed by atoms with Crippen LogP contribution in [0.1, 0.15) is 265 Å². The zero-order valence-corrected chi connectivity index (χ0v) is 42.5. The first-order valence-corrected chi connectivity index (χ1v) is 27.5. The standard InChI is InChI=1S/C59H104O5/c1-4-7-10-13-16-19-22-25-27-29-31-33-36-39-42-45-48-51-54-62-55-57(64-59(61)53-50-47-44-41-38-34-24-21-18-15-12-9-6-3)56-63-58(60)52-49-46-43-40-37-35-32-30-28-26-23-20-17-14-11-8-5-2/h9,12,18,21,25-28,34,38,44,47,57H,4-8,10-11,13-17,19-20,22-24,29-33,35-37,39-43,45-46,48-56H2,1-3H3/b12-9-,21-18-,27-25-,28-26-,38-34-,47-44-. The van der Waals surface area contributed by atoms with Crippen molar-refractivity contribution in [3.05, 3.63) is 72.9 Å². The van der Waals surface area contributed by atoms with Crippen LogP contribution in [0.3, 0.4) is 0 Å². The van der Waals surface area contributed by atoms with Gasteiger partial charge >= 0.3 is 11.9 Å². The lowest BCUT2D eigenvalue weighted by Crippen LogP contribution is -2.30. The Morgan fingerprint density at radius 2 is 0.734 bits per heavy atom. The minimum Gasteiger partial charge on any atom is -0.462 e. The molecule has 0 aromatic rings. The molecular formula is C59H104O5. The summed E-state index contributed by atoms with van der Waals surface area (Å²) in [4.78, 5) is 25.4. The highest BCUT2D eigenvalue weighted by atomic mass is 16.6. The van der Waals surface area contributed by atoms with Gasteiger partial charge in [-0.15, -0.1) is 0 Å². The van der Waals surface area contributed by atoms with E-state index in [1.165, 1.54) is 167 Å². The van der Waals surface area contributed by atoms with Crippen LogP contribution in [0, 0.1) is 0 Å². The molecule has 1 unspecified atom stereocenters. The van der Waals surface area contributed by atoms with E-state index in [0.717, 1.165) is 57.8 Å². The molecule has 0 amide bonds. The Morgan fingerprint density at radius 1 is 0.359 bits per heavy atom. The van der Waals surface area contributed by atoms with E-state index in [1.54, 1.807) is 0 Å². The highest BCUT2D eigenvalue weighted by molar-refractivity contribution is 5.70. The summed E-state index contributed by atoms with van der Waals surface area (Å²) in [6.07, 6.45) is 70.8. The smallest absolute Gasteiger partial charge is 0.306 e. The van der Waals surface area contributed by atoms with Gasteiger partial charge in [0, 0.05) is 19.4 Å². The van der Waals surface area contributed by atoms with E-state index in [9.17, 15) is 9.59 Å². The van der Waals surface area contributed by atoms with Crippen molar-refractivity contribution >= 4 is 11.9 Å². The quantitative estimate of drug-likeness (QED) is 0.0346. The van der Waals surface area contributed by atoms with Crippen molar-refractivity contribution in [2.75, 3.05) is 19.8 Å². The number of rotatable bonds is 50. The van der Waals surface area contributed by atoms with Crippen molar-refractivity contribution in [1.29, 1.82) is 0 Å². The van der Waals surface area contributed by atoms with Crippen molar-refractivity contribution in [1.82, 2.24) is 0 Å². The molecule has 0 saturated carbocycles. The van der Waals surface area contributed by atoms with Crippen LogP contribution < -0.4 is 0 Å². The molecule has 0 saturated heterocycles. The lowest BCUT2D eigenvalue weighted by Gasteiger charge is -2.18. The molecule has 0 aromatic carbocycles. The second-order valence-corrected chi connectivity index (χ2v) is 18.1. The molecule has 5 heteroatoms. The van der Waals surface area contributed by atoms with E-state index in [2.05, 4.69) is 87.6 Å². The number of allylic oxidation sites excluding steroid dienone is 12. The summed E-state index contributed by atoms with van der Waals surface area (Å²) in [6, 6.07) is 0. The van der Waals surface area contributed by atoms with Crippen LogP contribution in [0.5, 0.6) is 0 Å². The number of ether oxygens (including phenoxy) is 3. The molecule has 0 rings (SSSR count). The molecule has 370 valence electrons. The SMILES string of the molecule is CC/C=C\C/C=C\C/C=C\C/C=C\CCC(=O)OC(COCCCCCCCCCC/C=C\CCCCCCCC)COC(=O)CCCCCCCCC/C=C\CCCCCCCC. The van der Waals surface area contributed by atoms with Crippen LogP contribution in [0.2, 0.25) is 0 Å². The summed E-state index contributed by atoms with van der Waals surface area (Å²) in [5.41, 5.74) is 0. The Morgan fingerprint density at radius 3 is 1.19 bits per heavy atom. The maximum atomic E-state index is 12.8. The molecule has 0 aliphatic rings. The maximum absolute atomic E-state index is 12.8. The van der Waals surface area contributed by atoms with Crippen LogP contribution >= 0.6 is 0 Å². The van der Waals surface area contributed by atoms with Gasteiger partial charge in [-0.05, 0) is 96.3 Å². The van der Waals surface area contributed by atoms with Crippen molar-refractivity contribution < 1.29 is 23.8 Å². The predicted molar refractivity (Wildman–Crippen MR) is 279 cm³/mol. The molecule has 0 bridgehead atoms. The molecule has 0 N–H and O–H groups in total. The third kappa shape index (κ3) is 52.0. The van der Waals surface area contributed by atoms with Crippen LogP contribution in [-0.2, 0) is 23.8 Å². The van der Waals surface area contributed by atoms with Gasteiger partial charge in [0.1, 0.15) is 6.61 Å². The second-order valence-electron chi connectivity index (χ2n) is 18.1. The molecule has 0 aliphatic carbocycles. The summed E-state index contributed by atoms with van der Waals surface area (Å²) < 4.78 is 17.4. The average molecular weight is 893 g/mol. The molecule has 5 nitrogen and oxygen atoms in total. The molecule has 0 fully saturated rings. The Kier molecular flexibility index (Phi) is 52.4. The van der Waals surface area contributed by atoms with E-state index in [1.807, 2.05) is 6.08 Å². The largest absolute Gasteiger partial charge is 0.462 e. The third-order valence-electron chi connectivity index (χ3n) is 11.7. The third-order valence-corrected chi connectivity index (χ3v) is 11.7. The minimum atomic E-state index is -0.579. The molecule has 0 heterocycles.